The van der Waals surface area contributed by atoms with Crippen LogP contribution in [-0.2, 0) is 6.54 Å². The van der Waals surface area contributed by atoms with Crippen LogP contribution in [0.3, 0.4) is 0 Å². The van der Waals surface area contributed by atoms with E-state index in [2.05, 4.69) is 6.92 Å². The van der Waals surface area contributed by atoms with Gasteiger partial charge in [-0.15, -0.1) is 0 Å². The molecule has 1 aromatic rings. The van der Waals surface area contributed by atoms with E-state index in [1.807, 2.05) is 6.07 Å². The van der Waals surface area contributed by atoms with Crippen molar-refractivity contribution in [2.45, 2.75) is 58.4 Å². The summed E-state index contributed by atoms with van der Waals surface area (Å²) in [5.74, 6) is 1.39. The molecule has 0 atom stereocenters. The number of ether oxygens (including phenoxy) is 2. The fourth-order valence-electron chi connectivity index (χ4n) is 2.32. The van der Waals surface area contributed by atoms with E-state index >= 15 is 0 Å². The summed E-state index contributed by atoms with van der Waals surface area (Å²) in [5, 5.41) is 0.621. The Labute approximate surface area is 133 Å². The van der Waals surface area contributed by atoms with E-state index in [0.29, 0.717) is 23.9 Å². The van der Waals surface area contributed by atoms with E-state index in [0.717, 1.165) is 17.7 Å². The SMILES string of the molecule is CCCCCCCCCOc1c(CN)cc(Cl)cc1OC. The first kappa shape index (κ1) is 18.1. The van der Waals surface area contributed by atoms with Crippen LogP contribution >= 0.6 is 11.6 Å². The molecule has 3 nitrogen and oxygen atoms in total. The summed E-state index contributed by atoms with van der Waals surface area (Å²) in [6.45, 7) is 3.32. The lowest BCUT2D eigenvalue weighted by Crippen LogP contribution is -2.05. The van der Waals surface area contributed by atoms with Gasteiger partial charge in [0.25, 0.3) is 0 Å². The van der Waals surface area contributed by atoms with Crippen molar-refractivity contribution in [2.24, 2.45) is 5.73 Å². The van der Waals surface area contributed by atoms with Crippen molar-refractivity contribution >= 4 is 11.6 Å². The highest BCUT2D eigenvalue weighted by Gasteiger charge is 2.11. The molecule has 0 saturated heterocycles. The van der Waals surface area contributed by atoms with E-state index < -0.39 is 0 Å². The molecule has 2 N–H and O–H groups in total. The first-order valence-electron chi connectivity index (χ1n) is 7.92. The molecule has 4 heteroatoms. The minimum Gasteiger partial charge on any atom is -0.493 e. The first-order valence-corrected chi connectivity index (χ1v) is 8.30. The number of rotatable bonds is 11. The zero-order chi connectivity index (χ0) is 15.5. The number of benzene rings is 1. The molecule has 0 spiro atoms. The van der Waals surface area contributed by atoms with Crippen LogP contribution in [0.15, 0.2) is 12.1 Å². The van der Waals surface area contributed by atoms with Crippen molar-refractivity contribution in [3.8, 4) is 11.5 Å². The molecule has 1 rings (SSSR count). The third-order valence-electron chi connectivity index (χ3n) is 3.53. The Morgan fingerprint density at radius 1 is 1.05 bits per heavy atom. The second kappa shape index (κ2) is 10.7. The molecular weight excluding hydrogens is 286 g/mol. The average molecular weight is 314 g/mol. The van der Waals surface area contributed by atoms with Gasteiger partial charge >= 0.3 is 0 Å². The normalized spacial score (nSPS) is 10.7. The van der Waals surface area contributed by atoms with Crippen molar-refractivity contribution in [1.82, 2.24) is 0 Å². The van der Waals surface area contributed by atoms with Crippen LogP contribution in [0, 0.1) is 0 Å². The molecule has 120 valence electrons. The zero-order valence-corrected chi connectivity index (χ0v) is 14.0. The maximum Gasteiger partial charge on any atom is 0.165 e. The number of nitrogens with two attached hydrogens (primary N) is 1. The van der Waals surface area contributed by atoms with E-state index in [-0.39, 0.29) is 0 Å². The summed E-state index contributed by atoms with van der Waals surface area (Å²) in [7, 11) is 1.62. The highest BCUT2D eigenvalue weighted by molar-refractivity contribution is 6.30. The van der Waals surface area contributed by atoms with E-state index in [1.54, 1.807) is 13.2 Å². The average Bonchev–Trinajstić information content (AvgIpc) is 2.50. The standard InChI is InChI=1S/C17H28ClNO2/c1-3-4-5-6-7-8-9-10-21-17-14(13-19)11-15(18)12-16(17)20-2/h11-12H,3-10,13,19H2,1-2H3. The quantitative estimate of drug-likeness (QED) is 0.589. The van der Waals surface area contributed by atoms with Gasteiger partial charge < -0.3 is 15.2 Å². The van der Waals surface area contributed by atoms with Gasteiger partial charge in [-0.1, -0.05) is 57.0 Å². The summed E-state index contributed by atoms with van der Waals surface area (Å²) in [6.07, 6.45) is 8.86. The Hall–Kier alpha value is -0.930. The van der Waals surface area contributed by atoms with Gasteiger partial charge in [-0.2, -0.15) is 0 Å². The van der Waals surface area contributed by atoms with Crippen LogP contribution in [-0.4, -0.2) is 13.7 Å². The highest BCUT2D eigenvalue weighted by Crippen LogP contribution is 2.34. The largest absolute Gasteiger partial charge is 0.493 e. The third-order valence-corrected chi connectivity index (χ3v) is 3.75. The van der Waals surface area contributed by atoms with Crippen LogP contribution in [0.25, 0.3) is 0 Å². The Balaban J connectivity index is 2.37. The third kappa shape index (κ3) is 6.58. The molecule has 0 saturated carbocycles. The Bertz CT molecular complexity index is 385. The van der Waals surface area contributed by atoms with Gasteiger partial charge in [-0.3, -0.25) is 0 Å². The summed E-state index contributed by atoms with van der Waals surface area (Å²) < 4.78 is 11.2. The number of methoxy groups -OCH3 is 1. The van der Waals surface area contributed by atoms with Crippen molar-refractivity contribution in [3.63, 3.8) is 0 Å². The predicted molar refractivity (Wildman–Crippen MR) is 89.4 cm³/mol. The molecule has 0 amide bonds. The maximum absolute atomic E-state index is 6.03. The molecule has 0 unspecified atom stereocenters. The second-order valence-corrected chi connectivity index (χ2v) is 5.71. The summed E-state index contributed by atoms with van der Waals surface area (Å²) in [5.41, 5.74) is 6.64. The highest BCUT2D eigenvalue weighted by atomic mass is 35.5. The van der Waals surface area contributed by atoms with Crippen molar-refractivity contribution in [2.75, 3.05) is 13.7 Å². The lowest BCUT2D eigenvalue weighted by Gasteiger charge is -2.15. The number of unbranched alkanes of at least 4 members (excludes halogenated alkanes) is 6. The smallest absolute Gasteiger partial charge is 0.165 e. The molecular formula is C17H28ClNO2. The second-order valence-electron chi connectivity index (χ2n) is 5.27. The lowest BCUT2D eigenvalue weighted by molar-refractivity contribution is 0.282. The first-order chi connectivity index (χ1) is 10.2. The van der Waals surface area contributed by atoms with Gasteiger partial charge in [-0.05, 0) is 12.5 Å². The minimum absolute atomic E-state index is 0.392. The number of hydrogen-bond acceptors (Lipinski definition) is 3. The van der Waals surface area contributed by atoms with Gasteiger partial charge in [0, 0.05) is 23.2 Å². The lowest BCUT2D eigenvalue weighted by atomic mass is 10.1. The topological polar surface area (TPSA) is 44.5 Å². The number of hydrogen-bond donors (Lipinski definition) is 1. The Morgan fingerprint density at radius 2 is 1.71 bits per heavy atom. The molecule has 0 aliphatic heterocycles. The molecule has 1 aromatic carbocycles. The molecule has 0 bridgehead atoms. The van der Waals surface area contributed by atoms with Crippen LogP contribution in [0.1, 0.15) is 57.4 Å². The van der Waals surface area contributed by atoms with Crippen LogP contribution in [0.2, 0.25) is 5.02 Å². The van der Waals surface area contributed by atoms with Gasteiger partial charge in [0.15, 0.2) is 11.5 Å². The van der Waals surface area contributed by atoms with Gasteiger partial charge in [0.1, 0.15) is 0 Å². The summed E-state index contributed by atoms with van der Waals surface area (Å²) >= 11 is 6.03. The molecule has 0 aliphatic rings. The molecule has 0 aliphatic carbocycles. The fraction of sp³-hybridized carbons (Fsp3) is 0.647. The van der Waals surface area contributed by atoms with Gasteiger partial charge in [0.05, 0.1) is 13.7 Å². The summed E-state index contributed by atoms with van der Waals surface area (Å²) in [6, 6.07) is 3.60. The van der Waals surface area contributed by atoms with Crippen molar-refractivity contribution in [3.05, 3.63) is 22.7 Å². The van der Waals surface area contributed by atoms with Crippen LogP contribution < -0.4 is 15.2 Å². The Morgan fingerprint density at radius 3 is 2.33 bits per heavy atom. The van der Waals surface area contributed by atoms with Crippen LogP contribution in [0.5, 0.6) is 11.5 Å². The van der Waals surface area contributed by atoms with Crippen molar-refractivity contribution in [1.29, 1.82) is 0 Å². The van der Waals surface area contributed by atoms with Gasteiger partial charge in [0.2, 0.25) is 0 Å². The Kier molecular flexibility index (Phi) is 9.27. The molecule has 0 fully saturated rings. The molecule has 0 radical (unpaired) electrons. The minimum atomic E-state index is 0.392. The molecule has 0 aromatic heterocycles. The van der Waals surface area contributed by atoms with Gasteiger partial charge in [-0.25, -0.2) is 0 Å². The van der Waals surface area contributed by atoms with Crippen LogP contribution in [0.4, 0.5) is 0 Å². The molecule has 21 heavy (non-hydrogen) atoms. The monoisotopic (exact) mass is 313 g/mol. The summed E-state index contributed by atoms with van der Waals surface area (Å²) in [4.78, 5) is 0. The van der Waals surface area contributed by atoms with Crippen molar-refractivity contribution < 1.29 is 9.47 Å². The van der Waals surface area contributed by atoms with E-state index in [4.69, 9.17) is 26.8 Å². The predicted octanol–water partition coefficient (Wildman–Crippen LogP) is 4.94. The van der Waals surface area contributed by atoms with E-state index in [9.17, 15) is 0 Å². The maximum atomic E-state index is 6.03. The van der Waals surface area contributed by atoms with E-state index in [1.165, 1.54) is 38.5 Å². The molecule has 0 heterocycles. The fourth-order valence-corrected chi connectivity index (χ4v) is 2.55. The zero-order valence-electron chi connectivity index (χ0n) is 13.3. The number of halogens is 1.